The number of hydrogen-bond acceptors (Lipinski definition) is 2. The first-order valence-electron chi connectivity index (χ1n) is 7.86. The largest absolute Gasteiger partial charge is 0.342 e. The van der Waals surface area contributed by atoms with Crippen LogP contribution >= 0.6 is 0 Å². The van der Waals surface area contributed by atoms with Crippen LogP contribution in [0.5, 0.6) is 0 Å². The topological polar surface area (TPSA) is 49.4 Å². The Morgan fingerprint density at radius 1 is 1.20 bits per heavy atom. The molecule has 1 heterocycles. The third kappa shape index (κ3) is 3.53. The molecule has 1 aliphatic heterocycles. The molecule has 1 fully saturated rings. The van der Waals surface area contributed by atoms with E-state index < -0.39 is 0 Å². The van der Waals surface area contributed by atoms with Crippen LogP contribution in [-0.2, 0) is 9.59 Å². The summed E-state index contributed by atoms with van der Waals surface area (Å²) in [5, 5.41) is 2.92. The summed E-state index contributed by atoms with van der Waals surface area (Å²) >= 11 is 0. The van der Waals surface area contributed by atoms with E-state index in [0.29, 0.717) is 0 Å². The minimum atomic E-state index is -0.371. The summed E-state index contributed by atoms with van der Waals surface area (Å²) in [5.41, 5.74) is -0.251. The summed E-state index contributed by atoms with van der Waals surface area (Å²) in [4.78, 5) is 27.1. The van der Waals surface area contributed by atoms with Gasteiger partial charge in [0.1, 0.15) is 12.1 Å². The molecule has 2 amide bonds. The summed E-state index contributed by atoms with van der Waals surface area (Å²) < 4.78 is 0. The molecule has 0 radical (unpaired) electrons. The third-order valence-electron chi connectivity index (χ3n) is 3.97. The van der Waals surface area contributed by atoms with Crippen molar-refractivity contribution in [1.82, 2.24) is 10.2 Å². The molecule has 0 bridgehead atoms. The van der Waals surface area contributed by atoms with Crippen LogP contribution in [-0.4, -0.2) is 34.8 Å². The number of carbonyl (C=O) groups excluding carboxylic acids is 2. The predicted octanol–water partition coefficient (Wildman–Crippen LogP) is 2.72. The normalized spacial score (nSPS) is 25.6. The van der Waals surface area contributed by atoms with Crippen LogP contribution in [0.15, 0.2) is 0 Å². The number of amides is 2. The molecular weight excluding hydrogens is 252 g/mol. The summed E-state index contributed by atoms with van der Waals surface area (Å²) in [5.74, 6) is 0.0887. The molecule has 20 heavy (non-hydrogen) atoms. The second-order valence-corrected chi connectivity index (χ2v) is 7.00. The number of piperazine rings is 1. The highest BCUT2D eigenvalue weighted by Gasteiger charge is 2.47. The Morgan fingerprint density at radius 3 is 2.25 bits per heavy atom. The molecule has 3 atom stereocenters. The number of carbonyl (C=O) groups is 2. The first kappa shape index (κ1) is 17.0. The third-order valence-corrected chi connectivity index (χ3v) is 3.97. The minimum Gasteiger partial charge on any atom is -0.342 e. The lowest BCUT2D eigenvalue weighted by Crippen LogP contribution is -2.68. The highest BCUT2D eigenvalue weighted by Crippen LogP contribution is 2.31. The van der Waals surface area contributed by atoms with E-state index in [1.807, 2.05) is 32.6 Å². The Bertz CT molecular complexity index is 360. The molecule has 1 N–H and O–H groups in total. The molecule has 0 spiro atoms. The number of nitrogens with one attached hydrogen (secondary N) is 1. The van der Waals surface area contributed by atoms with E-state index in [-0.39, 0.29) is 35.4 Å². The maximum absolute atomic E-state index is 12.7. The van der Waals surface area contributed by atoms with Crippen molar-refractivity contribution in [3.8, 4) is 0 Å². The van der Waals surface area contributed by atoms with E-state index in [4.69, 9.17) is 0 Å². The van der Waals surface area contributed by atoms with Gasteiger partial charge in [-0.25, -0.2) is 0 Å². The van der Waals surface area contributed by atoms with Gasteiger partial charge in [0.15, 0.2) is 0 Å². The zero-order valence-corrected chi connectivity index (χ0v) is 13.8. The van der Waals surface area contributed by atoms with Crippen molar-refractivity contribution in [2.45, 2.75) is 85.4 Å². The van der Waals surface area contributed by atoms with E-state index in [9.17, 15) is 9.59 Å². The molecule has 1 saturated heterocycles. The van der Waals surface area contributed by atoms with Crippen molar-refractivity contribution >= 4 is 11.8 Å². The maximum atomic E-state index is 12.7. The highest BCUT2D eigenvalue weighted by atomic mass is 16.2. The zero-order chi connectivity index (χ0) is 15.5. The van der Waals surface area contributed by atoms with Crippen LogP contribution in [0, 0.1) is 5.41 Å². The average molecular weight is 282 g/mol. The summed E-state index contributed by atoms with van der Waals surface area (Å²) in [7, 11) is 0. The number of rotatable bonds is 5. The van der Waals surface area contributed by atoms with Gasteiger partial charge in [-0.2, -0.15) is 0 Å². The van der Waals surface area contributed by atoms with Crippen LogP contribution in [0.25, 0.3) is 0 Å². The molecule has 4 nitrogen and oxygen atoms in total. The van der Waals surface area contributed by atoms with Crippen molar-refractivity contribution in [2.24, 2.45) is 5.41 Å². The summed E-state index contributed by atoms with van der Waals surface area (Å²) in [6.07, 6.45) is 3.57. The first-order valence-corrected chi connectivity index (χ1v) is 7.86. The van der Waals surface area contributed by atoms with Crippen LogP contribution in [0.1, 0.15) is 67.2 Å². The van der Waals surface area contributed by atoms with Gasteiger partial charge in [0.2, 0.25) is 11.8 Å². The Kier molecular flexibility index (Phi) is 5.60. The van der Waals surface area contributed by atoms with Crippen LogP contribution < -0.4 is 5.32 Å². The van der Waals surface area contributed by atoms with Gasteiger partial charge in [-0.1, -0.05) is 47.5 Å². The first-order chi connectivity index (χ1) is 9.23. The SMILES string of the molecule is CCCC1NC(=O)C(C(C)(C)C)N(C(C)CCC)C1=O. The molecule has 3 unspecified atom stereocenters. The molecule has 0 aromatic rings. The second kappa shape index (κ2) is 6.59. The van der Waals surface area contributed by atoms with E-state index in [0.717, 1.165) is 25.7 Å². The van der Waals surface area contributed by atoms with E-state index in [2.05, 4.69) is 19.2 Å². The Morgan fingerprint density at radius 2 is 1.80 bits per heavy atom. The number of hydrogen-bond donors (Lipinski definition) is 1. The van der Waals surface area contributed by atoms with Crippen LogP contribution in [0.4, 0.5) is 0 Å². The molecule has 0 aromatic heterocycles. The Balaban J connectivity index is 3.10. The standard InChI is InChI=1S/C16H30N2O2/c1-7-9-11(3)18-13(16(4,5)6)14(19)17-12(10-8-2)15(18)20/h11-13H,7-10H2,1-6H3,(H,17,19). The van der Waals surface area contributed by atoms with E-state index in [1.165, 1.54) is 0 Å². The van der Waals surface area contributed by atoms with Gasteiger partial charge < -0.3 is 10.2 Å². The monoisotopic (exact) mass is 282 g/mol. The fourth-order valence-electron chi connectivity index (χ4n) is 3.07. The zero-order valence-electron chi connectivity index (χ0n) is 13.8. The molecule has 4 heteroatoms. The van der Waals surface area contributed by atoms with Gasteiger partial charge in [-0.15, -0.1) is 0 Å². The second-order valence-electron chi connectivity index (χ2n) is 7.00. The lowest BCUT2D eigenvalue weighted by Gasteiger charge is -2.47. The summed E-state index contributed by atoms with van der Waals surface area (Å²) in [6, 6.07) is -0.600. The van der Waals surface area contributed by atoms with Gasteiger partial charge in [0.05, 0.1) is 0 Å². The van der Waals surface area contributed by atoms with Gasteiger partial charge >= 0.3 is 0 Å². The predicted molar refractivity (Wildman–Crippen MR) is 81.3 cm³/mol. The molecule has 0 saturated carbocycles. The van der Waals surface area contributed by atoms with Crippen molar-refractivity contribution in [3.05, 3.63) is 0 Å². The van der Waals surface area contributed by atoms with E-state index in [1.54, 1.807) is 0 Å². The van der Waals surface area contributed by atoms with Crippen molar-refractivity contribution in [3.63, 3.8) is 0 Å². The average Bonchev–Trinajstić information content (AvgIpc) is 2.31. The number of nitrogens with zero attached hydrogens (tertiary/aromatic N) is 1. The molecule has 1 aliphatic rings. The Labute approximate surface area is 123 Å². The maximum Gasteiger partial charge on any atom is 0.246 e. The van der Waals surface area contributed by atoms with Crippen molar-refractivity contribution < 1.29 is 9.59 Å². The smallest absolute Gasteiger partial charge is 0.246 e. The lowest BCUT2D eigenvalue weighted by molar-refractivity contribution is -0.157. The molecule has 1 rings (SSSR count). The highest BCUT2D eigenvalue weighted by molar-refractivity contribution is 5.97. The van der Waals surface area contributed by atoms with Gasteiger partial charge in [-0.05, 0) is 25.2 Å². The fraction of sp³-hybridized carbons (Fsp3) is 0.875. The molecular formula is C16H30N2O2. The molecule has 0 aliphatic carbocycles. The van der Waals surface area contributed by atoms with Crippen LogP contribution in [0.2, 0.25) is 0 Å². The molecule has 116 valence electrons. The van der Waals surface area contributed by atoms with Gasteiger partial charge in [0.25, 0.3) is 0 Å². The van der Waals surface area contributed by atoms with Crippen molar-refractivity contribution in [2.75, 3.05) is 0 Å². The quantitative estimate of drug-likeness (QED) is 0.843. The summed E-state index contributed by atoms with van der Waals surface area (Å²) in [6.45, 7) is 12.3. The fourth-order valence-corrected chi connectivity index (χ4v) is 3.07. The van der Waals surface area contributed by atoms with Gasteiger partial charge in [-0.3, -0.25) is 9.59 Å². The Hall–Kier alpha value is -1.06. The van der Waals surface area contributed by atoms with Crippen LogP contribution in [0.3, 0.4) is 0 Å². The molecule has 0 aromatic carbocycles. The minimum absolute atomic E-state index is 0.00139. The van der Waals surface area contributed by atoms with E-state index >= 15 is 0 Å². The van der Waals surface area contributed by atoms with Gasteiger partial charge in [0, 0.05) is 6.04 Å². The van der Waals surface area contributed by atoms with Crippen molar-refractivity contribution in [1.29, 1.82) is 0 Å². The lowest BCUT2D eigenvalue weighted by atomic mass is 9.81.